The van der Waals surface area contributed by atoms with Crippen LogP contribution in [-0.2, 0) is 4.74 Å². The Morgan fingerprint density at radius 3 is 2.56 bits per heavy atom. The smallest absolute Gasteiger partial charge is 0.407 e. The van der Waals surface area contributed by atoms with Crippen LogP contribution < -0.4 is 5.32 Å². The van der Waals surface area contributed by atoms with E-state index in [4.69, 9.17) is 9.84 Å². The van der Waals surface area contributed by atoms with Gasteiger partial charge in [0.2, 0.25) is 0 Å². The van der Waals surface area contributed by atoms with E-state index in [9.17, 15) is 4.79 Å². The van der Waals surface area contributed by atoms with Crippen LogP contribution >= 0.6 is 0 Å². The van der Waals surface area contributed by atoms with E-state index in [2.05, 4.69) is 5.32 Å². The van der Waals surface area contributed by atoms with Crippen LogP contribution in [0.3, 0.4) is 0 Å². The lowest BCUT2D eigenvalue weighted by atomic mass is 10.0. The number of fused-ring (bicyclic) bond motifs is 1. The fourth-order valence-corrected chi connectivity index (χ4v) is 2.75. The molecule has 0 saturated heterocycles. The molecule has 2 aliphatic rings. The number of rotatable bonds is 2. The van der Waals surface area contributed by atoms with E-state index < -0.39 is 5.60 Å². The van der Waals surface area contributed by atoms with Gasteiger partial charge in [-0.05, 0) is 51.4 Å². The number of hydrogen-bond acceptors (Lipinski definition) is 3. The molecule has 0 heterocycles. The summed E-state index contributed by atoms with van der Waals surface area (Å²) in [4.78, 5) is 11.6. The van der Waals surface area contributed by atoms with Gasteiger partial charge in [-0.2, -0.15) is 0 Å². The molecular weight excluding hydrogens is 206 g/mol. The predicted molar refractivity (Wildman–Crippen MR) is 59.9 cm³/mol. The summed E-state index contributed by atoms with van der Waals surface area (Å²) in [6.07, 6.45) is 1.71. The van der Waals surface area contributed by atoms with Gasteiger partial charge in [-0.25, -0.2) is 4.79 Å². The van der Waals surface area contributed by atoms with Crippen molar-refractivity contribution in [2.45, 2.75) is 45.3 Å². The fraction of sp³-hybridized carbons (Fsp3) is 0.917. The van der Waals surface area contributed by atoms with Crippen LogP contribution in [0.25, 0.3) is 0 Å². The van der Waals surface area contributed by atoms with Crippen LogP contribution in [-0.4, -0.2) is 29.4 Å². The maximum absolute atomic E-state index is 11.6. The number of amides is 1. The molecule has 0 bridgehead atoms. The molecule has 2 rings (SSSR count). The fourth-order valence-electron chi connectivity index (χ4n) is 2.75. The predicted octanol–water partition coefficient (Wildman–Crippen LogP) is 1.53. The number of ether oxygens (including phenoxy) is 1. The molecule has 92 valence electrons. The molecule has 1 amide bonds. The molecule has 2 N–H and O–H groups in total. The van der Waals surface area contributed by atoms with E-state index in [-0.39, 0.29) is 18.7 Å². The molecule has 0 radical (unpaired) electrons. The van der Waals surface area contributed by atoms with Gasteiger partial charge in [-0.3, -0.25) is 0 Å². The van der Waals surface area contributed by atoms with E-state index in [1.807, 2.05) is 20.8 Å². The Kier molecular flexibility index (Phi) is 2.86. The highest BCUT2D eigenvalue weighted by Crippen LogP contribution is 2.55. The summed E-state index contributed by atoms with van der Waals surface area (Å²) in [5, 5.41) is 12.1. The molecule has 0 aromatic rings. The Morgan fingerprint density at radius 1 is 1.38 bits per heavy atom. The molecule has 4 atom stereocenters. The number of carbonyl (C=O) groups excluding carboxylic acids is 1. The second-order valence-corrected chi connectivity index (χ2v) is 5.99. The lowest BCUT2D eigenvalue weighted by molar-refractivity contribution is 0.0496. The molecule has 4 heteroatoms. The normalized spacial score (nSPS) is 36.8. The van der Waals surface area contributed by atoms with E-state index >= 15 is 0 Å². The zero-order valence-corrected chi connectivity index (χ0v) is 10.2. The summed E-state index contributed by atoms with van der Waals surface area (Å²) in [5.74, 6) is 1.58. The first-order chi connectivity index (χ1) is 7.40. The van der Waals surface area contributed by atoms with E-state index in [0.29, 0.717) is 17.8 Å². The topological polar surface area (TPSA) is 58.6 Å². The van der Waals surface area contributed by atoms with Crippen LogP contribution in [0.2, 0.25) is 0 Å². The first-order valence-electron chi connectivity index (χ1n) is 6.01. The average Bonchev–Trinajstić information content (AvgIpc) is 2.83. The molecule has 0 aromatic carbocycles. The van der Waals surface area contributed by atoms with Crippen molar-refractivity contribution in [3.05, 3.63) is 0 Å². The number of aliphatic hydroxyl groups excluding tert-OH is 1. The average molecular weight is 227 g/mol. The Labute approximate surface area is 96.4 Å². The molecule has 16 heavy (non-hydrogen) atoms. The second-order valence-electron chi connectivity index (χ2n) is 5.99. The number of aliphatic hydroxyl groups is 1. The molecule has 2 aliphatic carbocycles. The molecule has 2 saturated carbocycles. The lowest BCUT2D eigenvalue weighted by Crippen LogP contribution is -2.39. The van der Waals surface area contributed by atoms with Gasteiger partial charge in [0.1, 0.15) is 5.60 Å². The van der Waals surface area contributed by atoms with Crippen LogP contribution in [0, 0.1) is 17.8 Å². The highest BCUT2D eigenvalue weighted by molar-refractivity contribution is 5.68. The zero-order valence-electron chi connectivity index (χ0n) is 10.2. The van der Waals surface area contributed by atoms with Crippen molar-refractivity contribution >= 4 is 6.09 Å². The molecule has 4 nitrogen and oxygen atoms in total. The molecule has 0 aromatic heterocycles. The first kappa shape index (κ1) is 11.7. The minimum Gasteiger partial charge on any atom is -0.444 e. The third kappa shape index (κ3) is 2.48. The summed E-state index contributed by atoms with van der Waals surface area (Å²) >= 11 is 0. The van der Waals surface area contributed by atoms with Crippen molar-refractivity contribution in [1.82, 2.24) is 5.32 Å². The summed E-state index contributed by atoms with van der Waals surface area (Å²) in [6, 6.07) is 0.206. The van der Waals surface area contributed by atoms with Crippen molar-refractivity contribution < 1.29 is 14.6 Å². The number of carbonyl (C=O) groups is 1. The number of alkyl carbamates (subject to hydrolysis) is 1. The number of nitrogens with one attached hydrogen (secondary N) is 1. The minimum atomic E-state index is -0.442. The van der Waals surface area contributed by atoms with Gasteiger partial charge in [0.05, 0.1) is 0 Å². The molecular formula is C12H21NO3. The largest absolute Gasteiger partial charge is 0.444 e. The lowest BCUT2D eigenvalue weighted by Gasteiger charge is -2.22. The van der Waals surface area contributed by atoms with Crippen LogP contribution in [0.1, 0.15) is 33.6 Å². The van der Waals surface area contributed by atoms with Crippen molar-refractivity contribution in [3.63, 3.8) is 0 Å². The van der Waals surface area contributed by atoms with E-state index in [1.54, 1.807) is 0 Å². The highest BCUT2D eigenvalue weighted by atomic mass is 16.6. The van der Waals surface area contributed by atoms with Crippen LogP contribution in [0.4, 0.5) is 4.79 Å². The Balaban J connectivity index is 1.81. The SMILES string of the molecule is CC(C)(C)OC(=O)NC1CC(CO)C2CC12. The zero-order chi connectivity index (χ0) is 11.9. The highest BCUT2D eigenvalue weighted by Gasteiger charge is 2.54. The Hall–Kier alpha value is -0.770. The van der Waals surface area contributed by atoms with Crippen molar-refractivity contribution in [1.29, 1.82) is 0 Å². The third-order valence-corrected chi connectivity index (χ3v) is 3.51. The van der Waals surface area contributed by atoms with Gasteiger partial charge in [-0.1, -0.05) is 0 Å². The maximum Gasteiger partial charge on any atom is 0.407 e. The van der Waals surface area contributed by atoms with E-state index in [1.165, 1.54) is 0 Å². The quantitative estimate of drug-likeness (QED) is 0.752. The molecule has 4 unspecified atom stereocenters. The van der Waals surface area contributed by atoms with Gasteiger partial charge in [0.25, 0.3) is 0 Å². The summed E-state index contributed by atoms with van der Waals surface area (Å²) in [6.45, 7) is 5.82. The van der Waals surface area contributed by atoms with Crippen molar-refractivity contribution in [2.75, 3.05) is 6.61 Å². The monoisotopic (exact) mass is 227 g/mol. The summed E-state index contributed by atoms with van der Waals surface area (Å²) in [5.41, 5.74) is -0.442. The van der Waals surface area contributed by atoms with Crippen molar-refractivity contribution in [2.24, 2.45) is 17.8 Å². The van der Waals surface area contributed by atoms with Gasteiger partial charge < -0.3 is 15.2 Å². The molecule has 0 aliphatic heterocycles. The van der Waals surface area contributed by atoms with Gasteiger partial charge in [0.15, 0.2) is 0 Å². The first-order valence-corrected chi connectivity index (χ1v) is 6.01. The van der Waals surface area contributed by atoms with Gasteiger partial charge in [-0.15, -0.1) is 0 Å². The Morgan fingerprint density at radius 2 is 2.06 bits per heavy atom. The van der Waals surface area contributed by atoms with Gasteiger partial charge in [0, 0.05) is 12.6 Å². The molecule has 2 fully saturated rings. The Bertz CT molecular complexity index is 284. The molecule has 0 spiro atoms. The standard InChI is InChI=1S/C12H21NO3/c1-12(2,3)16-11(15)13-10-4-7(6-14)8-5-9(8)10/h7-10,14H,4-6H2,1-3H3,(H,13,15). The summed E-state index contributed by atoms with van der Waals surface area (Å²) in [7, 11) is 0. The van der Waals surface area contributed by atoms with Crippen LogP contribution in [0.5, 0.6) is 0 Å². The summed E-state index contributed by atoms with van der Waals surface area (Å²) < 4.78 is 5.22. The third-order valence-electron chi connectivity index (χ3n) is 3.51. The maximum atomic E-state index is 11.6. The number of hydrogen-bond donors (Lipinski definition) is 2. The van der Waals surface area contributed by atoms with E-state index in [0.717, 1.165) is 12.8 Å². The van der Waals surface area contributed by atoms with Crippen molar-refractivity contribution in [3.8, 4) is 0 Å². The second kappa shape index (κ2) is 3.91. The minimum absolute atomic E-state index is 0.206. The van der Waals surface area contributed by atoms with Gasteiger partial charge >= 0.3 is 6.09 Å². The van der Waals surface area contributed by atoms with Crippen LogP contribution in [0.15, 0.2) is 0 Å².